The minimum Gasteiger partial charge on any atom is -0.378 e. The fourth-order valence-corrected chi connectivity index (χ4v) is 2.57. The van der Waals surface area contributed by atoms with Crippen LogP contribution in [0.15, 0.2) is 24.3 Å². The molecule has 0 aliphatic rings. The van der Waals surface area contributed by atoms with Crippen LogP contribution in [0.4, 0.5) is 5.00 Å². The highest BCUT2D eigenvalue weighted by molar-refractivity contribution is 7.19. The highest BCUT2D eigenvalue weighted by Crippen LogP contribution is 2.32. The second kappa shape index (κ2) is 4.03. The van der Waals surface area contributed by atoms with E-state index < -0.39 is 0 Å². The van der Waals surface area contributed by atoms with E-state index >= 15 is 0 Å². The zero-order chi connectivity index (χ0) is 10.8. The van der Waals surface area contributed by atoms with E-state index in [1.807, 2.05) is 14.0 Å². The maximum atomic E-state index is 4.57. The van der Waals surface area contributed by atoms with E-state index in [1.54, 1.807) is 11.3 Å². The van der Waals surface area contributed by atoms with Crippen LogP contribution in [0, 0.1) is 13.8 Å². The van der Waals surface area contributed by atoms with Crippen molar-refractivity contribution in [1.29, 1.82) is 0 Å². The van der Waals surface area contributed by atoms with Crippen LogP contribution >= 0.6 is 11.3 Å². The monoisotopic (exact) mass is 218 g/mol. The van der Waals surface area contributed by atoms with Gasteiger partial charge in [-0.1, -0.05) is 35.6 Å². The van der Waals surface area contributed by atoms with Gasteiger partial charge in [0.1, 0.15) is 10.0 Å². The topological polar surface area (TPSA) is 24.9 Å². The summed E-state index contributed by atoms with van der Waals surface area (Å²) in [6.07, 6.45) is 0. The van der Waals surface area contributed by atoms with Crippen molar-refractivity contribution in [2.75, 3.05) is 12.4 Å². The van der Waals surface area contributed by atoms with Crippen molar-refractivity contribution in [3.05, 3.63) is 35.5 Å². The van der Waals surface area contributed by atoms with Crippen molar-refractivity contribution in [1.82, 2.24) is 4.98 Å². The molecule has 0 fully saturated rings. The van der Waals surface area contributed by atoms with Gasteiger partial charge >= 0.3 is 0 Å². The summed E-state index contributed by atoms with van der Waals surface area (Å²) in [5.41, 5.74) is 3.57. The number of nitrogens with zero attached hydrogens (tertiary/aromatic N) is 1. The van der Waals surface area contributed by atoms with Crippen LogP contribution in [0.3, 0.4) is 0 Å². The van der Waals surface area contributed by atoms with Gasteiger partial charge in [0.05, 0.1) is 5.69 Å². The summed E-state index contributed by atoms with van der Waals surface area (Å²) < 4.78 is 0. The van der Waals surface area contributed by atoms with Gasteiger partial charge < -0.3 is 5.32 Å². The number of aryl methyl sites for hydroxylation is 2. The van der Waals surface area contributed by atoms with Crippen molar-refractivity contribution in [2.24, 2.45) is 0 Å². The standard InChI is InChI=1S/C12H14N2S/c1-8-6-4-5-7-10(8)12-14-9(2)11(13-3)15-12/h4-7,13H,1-3H3. The van der Waals surface area contributed by atoms with Crippen molar-refractivity contribution in [3.63, 3.8) is 0 Å². The van der Waals surface area contributed by atoms with Crippen molar-refractivity contribution < 1.29 is 0 Å². The van der Waals surface area contributed by atoms with Gasteiger partial charge in [0, 0.05) is 12.6 Å². The lowest BCUT2D eigenvalue weighted by Crippen LogP contribution is -1.85. The van der Waals surface area contributed by atoms with Gasteiger partial charge in [-0.2, -0.15) is 0 Å². The lowest BCUT2D eigenvalue weighted by atomic mass is 10.1. The molecule has 1 aromatic heterocycles. The van der Waals surface area contributed by atoms with Gasteiger partial charge in [-0.3, -0.25) is 0 Å². The Morgan fingerprint density at radius 3 is 2.53 bits per heavy atom. The Bertz CT molecular complexity index is 474. The molecule has 0 aliphatic heterocycles. The Hall–Kier alpha value is -1.35. The van der Waals surface area contributed by atoms with E-state index in [-0.39, 0.29) is 0 Å². The molecule has 0 unspecified atom stereocenters. The molecular formula is C12H14N2S. The molecule has 2 rings (SSSR count). The SMILES string of the molecule is CNc1sc(-c2ccccc2C)nc1C. The Kier molecular flexibility index (Phi) is 2.73. The summed E-state index contributed by atoms with van der Waals surface area (Å²) in [5, 5.41) is 5.40. The molecule has 0 bridgehead atoms. The average molecular weight is 218 g/mol. The zero-order valence-electron chi connectivity index (χ0n) is 9.16. The Morgan fingerprint density at radius 1 is 1.20 bits per heavy atom. The molecular weight excluding hydrogens is 204 g/mol. The number of thiazole rings is 1. The van der Waals surface area contributed by atoms with Crippen LogP contribution in [-0.4, -0.2) is 12.0 Å². The molecule has 0 saturated carbocycles. The van der Waals surface area contributed by atoms with Crippen LogP contribution in [-0.2, 0) is 0 Å². The molecule has 0 radical (unpaired) electrons. The summed E-state index contributed by atoms with van der Waals surface area (Å²) in [6, 6.07) is 8.34. The van der Waals surface area contributed by atoms with Crippen molar-refractivity contribution in [2.45, 2.75) is 13.8 Å². The molecule has 0 saturated heterocycles. The second-order valence-electron chi connectivity index (χ2n) is 3.50. The smallest absolute Gasteiger partial charge is 0.125 e. The van der Waals surface area contributed by atoms with Gasteiger partial charge in [0.25, 0.3) is 0 Å². The van der Waals surface area contributed by atoms with E-state index in [1.165, 1.54) is 11.1 Å². The van der Waals surface area contributed by atoms with Gasteiger partial charge in [0.15, 0.2) is 0 Å². The minimum absolute atomic E-state index is 1.07. The Balaban J connectivity index is 2.50. The van der Waals surface area contributed by atoms with E-state index in [0.29, 0.717) is 0 Å². The summed E-state index contributed by atoms with van der Waals surface area (Å²) in [4.78, 5) is 4.57. The Morgan fingerprint density at radius 2 is 1.93 bits per heavy atom. The summed E-state index contributed by atoms with van der Waals surface area (Å²) >= 11 is 1.70. The van der Waals surface area contributed by atoms with E-state index in [9.17, 15) is 0 Å². The summed E-state index contributed by atoms with van der Waals surface area (Å²) in [5.74, 6) is 0. The van der Waals surface area contributed by atoms with E-state index in [0.717, 1.165) is 15.7 Å². The first-order chi connectivity index (χ1) is 7.22. The molecule has 3 heteroatoms. The number of hydrogen-bond acceptors (Lipinski definition) is 3. The van der Waals surface area contributed by atoms with Crippen LogP contribution in [0.5, 0.6) is 0 Å². The molecule has 0 aliphatic carbocycles. The third-order valence-corrected chi connectivity index (χ3v) is 3.61. The Labute approximate surface area is 94.0 Å². The fraction of sp³-hybridized carbons (Fsp3) is 0.250. The maximum absolute atomic E-state index is 4.57. The zero-order valence-corrected chi connectivity index (χ0v) is 9.98. The number of nitrogens with one attached hydrogen (secondary N) is 1. The fourth-order valence-electron chi connectivity index (χ4n) is 1.56. The lowest BCUT2D eigenvalue weighted by Gasteiger charge is -1.99. The summed E-state index contributed by atoms with van der Waals surface area (Å²) in [6.45, 7) is 4.15. The van der Waals surface area contributed by atoms with Gasteiger partial charge in [-0.25, -0.2) is 4.98 Å². The van der Waals surface area contributed by atoms with Crippen LogP contribution < -0.4 is 5.32 Å². The largest absolute Gasteiger partial charge is 0.378 e. The molecule has 1 N–H and O–H groups in total. The number of rotatable bonds is 2. The molecule has 15 heavy (non-hydrogen) atoms. The molecule has 1 aromatic carbocycles. The predicted molar refractivity (Wildman–Crippen MR) is 66.6 cm³/mol. The second-order valence-corrected chi connectivity index (χ2v) is 4.50. The van der Waals surface area contributed by atoms with Crippen LogP contribution in [0.25, 0.3) is 10.6 Å². The molecule has 1 heterocycles. The number of aromatic nitrogens is 1. The number of benzene rings is 1. The quantitative estimate of drug-likeness (QED) is 0.835. The average Bonchev–Trinajstić information content (AvgIpc) is 2.60. The van der Waals surface area contributed by atoms with Gasteiger partial charge in [-0.15, -0.1) is 0 Å². The molecule has 78 valence electrons. The van der Waals surface area contributed by atoms with Crippen LogP contribution in [0.2, 0.25) is 0 Å². The van der Waals surface area contributed by atoms with Crippen LogP contribution in [0.1, 0.15) is 11.3 Å². The van der Waals surface area contributed by atoms with Gasteiger partial charge in [0.2, 0.25) is 0 Å². The highest BCUT2D eigenvalue weighted by Gasteiger charge is 2.09. The summed E-state index contributed by atoms with van der Waals surface area (Å²) in [7, 11) is 1.93. The molecule has 2 aromatic rings. The van der Waals surface area contributed by atoms with Gasteiger partial charge in [-0.05, 0) is 19.4 Å². The third kappa shape index (κ3) is 1.88. The first kappa shape index (κ1) is 10.2. The maximum Gasteiger partial charge on any atom is 0.125 e. The first-order valence-corrected chi connectivity index (χ1v) is 5.75. The number of anilines is 1. The van der Waals surface area contributed by atoms with E-state index in [2.05, 4.69) is 41.5 Å². The lowest BCUT2D eigenvalue weighted by molar-refractivity contribution is 1.25. The molecule has 0 atom stereocenters. The number of hydrogen-bond donors (Lipinski definition) is 1. The normalized spacial score (nSPS) is 10.3. The predicted octanol–water partition coefficient (Wildman–Crippen LogP) is 3.47. The molecule has 2 nitrogen and oxygen atoms in total. The molecule has 0 amide bonds. The first-order valence-electron chi connectivity index (χ1n) is 4.93. The third-order valence-electron chi connectivity index (χ3n) is 2.40. The van der Waals surface area contributed by atoms with Crippen molar-refractivity contribution in [3.8, 4) is 10.6 Å². The van der Waals surface area contributed by atoms with Crippen molar-refractivity contribution >= 4 is 16.3 Å². The minimum atomic E-state index is 1.07. The van der Waals surface area contributed by atoms with E-state index in [4.69, 9.17) is 0 Å². The highest BCUT2D eigenvalue weighted by atomic mass is 32.1. The molecule has 0 spiro atoms.